The van der Waals surface area contributed by atoms with Crippen LogP contribution in [0.15, 0.2) is 59.5 Å². The van der Waals surface area contributed by atoms with Crippen molar-refractivity contribution in [2.45, 2.75) is 30.6 Å². The van der Waals surface area contributed by atoms with Crippen molar-refractivity contribution < 1.29 is 42.1 Å². The summed E-state index contributed by atoms with van der Waals surface area (Å²) < 4.78 is 39.1. The van der Waals surface area contributed by atoms with Crippen molar-refractivity contribution in [2.75, 3.05) is 33.2 Å². The molecule has 0 heterocycles. The van der Waals surface area contributed by atoms with Crippen LogP contribution in [-0.2, 0) is 33.7 Å². The summed E-state index contributed by atoms with van der Waals surface area (Å²) in [5, 5.41) is 9.26. The third kappa shape index (κ3) is 9.92. The van der Waals surface area contributed by atoms with Gasteiger partial charge in [-0.15, -0.1) is 10.1 Å². The Morgan fingerprint density at radius 3 is 2.05 bits per heavy atom. The van der Waals surface area contributed by atoms with Gasteiger partial charge in [-0.05, 0) is 42.5 Å². The SMILES string of the molecule is COC(=O)/C(=C(\COC(=O)OCCCCCCO[N+](=O)[O-])c1ccc(S(C)(=O)=O)cc1)c1ccccc1. The first-order chi connectivity index (χ1) is 17.6. The highest BCUT2D eigenvalue weighted by Crippen LogP contribution is 2.29. The Bertz CT molecular complexity index is 1190. The first-order valence-electron chi connectivity index (χ1n) is 11.4. The van der Waals surface area contributed by atoms with Crippen LogP contribution in [0.2, 0.25) is 0 Å². The Morgan fingerprint density at radius 1 is 0.865 bits per heavy atom. The summed E-state index contributed by atoms with van der Waals surface area (Å²) in [6, 6.07) is 14.5. The molecule has 0 aliphatic carbocycles. The lowest BCUT2D eigenvalue weighted by atomic mass is 9.95. The molecule has 200 valence electrons. The van der Waals surface area contributed by atoms with Crippen LogP contribution in [0.5, 0.6) is 0 Å². The molecule has 0 aliphatic heterocycles. The molecule has 0 fully saturated rings. The first-order valence-corrected chi connectivity index (χ1v) is 13.3. The van der Waals surface area contributed by atoms with E-state index in [1.54, 1.807) is 30.3 Å². The molecule has 2 rings (SSSR count). The third-order valence-corrected chi connectivity index (χ3v) is 6.30. The molecule has 0 N–H and O–H groups in total. The van der Waals surface area contributed by atoms with Gasteiger partial charge in [-0.3, -0.25) is 0 Å². The summed E-state index contributed by atoms with van der Waals surface area (Å²) in [7, 11) is -2.21. The van der Waals surface area contributed by atoms with Crippen LogP contribution in [0.4, 0.5) is 4.79 Å². The van der Waals surface area contributed by atoms with Crippen LogP contribution in [0.1, 0.15) is 36.8 Å². The Morgan fingerprint density at radius 2 is 1.49 bits per heavy atom. The Balaban J connectivity index is 2.15. The van der Waals surface area contributed by atoms with Crippen molar-refractivity contribution in [3.8, 4) is 0 Å². The molecule has 0 unspecified atom stereocenters. The maximum Gasteiger partial charge on any atom is 0.508 e. The Hall–Kier alpha value is -3.93. The number of nitrogens with zero attached hydrogens (tertiary/aromatic N) is 1. The lowest BCUT2D eigenvalue weighted by molar-refractivity contribution is -0.757. The largest absolute Gasteiger partial charge is 0.508 e. The van der Waals surface area contributed by atoms with Crippen molar-refractivity contribution in [1.29, 1.82) is 0 Å². The number of carbonyl (C=O) groups is 2. The zero-order valence-corrected chi connectivity index (χ0v) is 21.4. The average molecular weight is 536 g/mol. The molecule has 0 saturated heterocycles. The Kier molecular flexibility index (Phi) is 11.6. The van der Waals surface area contributed by atoms with E-state index in [2.05, 4.69) is 4.84 Å². The number of methoxy groups -OCH3 is 1. The summed E-state index contributed by atoms with van der Waals surface area (Å²) in [4.78, 5) is 39.4. The molecule has 0 radical (unpaired) electrons. The predicted octanol–water partition coefficient (Wildman–Crippen LogP) is 4.10. The highest BCUT2D eigenvalue weighted by Gasteiger charge is 2.22. The normalized spacial score (nSPS) is 11.7. The highest BCUT2D eigenvalue weighted by molar-refractivity contribution is 7.90. The van der Waals surface area contributed by atoms with E-state index < -0.39 is 27.0 Å². The summed E-state index contributed by atoms with van der Waals surface area (Å²) in [5.74, 6) is -0.661. The number of hydrogen-bond donors (Lipinski definition) is 0. The van der Waals surface area contributed by atoms with E-state index in [1.165, 1.54) is 31.4 Å². The minimum absolute atomic E-state index is 0.0140. The van der Waals surface area contributed by atoms with Gasteiger partial charge in [0.2, 0.25) is 0 Å². The lowest BCUT2D eigenvalue weighted by Crippen LogP contribution is -2.14. The number of hydrogen-bond acceptors (Lipinski definition) is 10. The van der Waals surface area contributed by atoms with E-state index >= 15 is 0 Å². The van der Waals surface area contributed by atoms with Gasteiger partial charge in [-0.25, -0.2) is 18.0 Å². The summed E-state index contributed by atoms with van der Waals surface area (Å²) >= 11 is 0. The molecule has 0 aliphatic rings. The van der Waals surface area contributed by atoms with Gasteiger partial charge in [0.1, 0.15) is 6.61 Å². The molecule has 37 heavy (non-hydrogen) atoms. The van der Waals surface area contributed by atoms with Crippen molar-refractivity contribution in [3.05, 3.63) is 75.8 Å². The van der Waals surface area contributed by atoms with E-state index in [0.717, 1.165) is 6.26 Å². The van der Waals surface area contributed by atoms with Crippen LogP contribution in [0, 0.1) is 10.1 Å². The fourth-order valence-corrected chi connectivity index (χ4v) is 3.98. The van der Waals surface area contributed by atoms with E-state index in [1.807, 2.05) is 0 Å². The van der Waals surface area contributed by atoms with Gasteiger partial charge in [0.25, 0.3) is 5.09 Å². The fraction of sp³-hybridized carbons (Fsp3) is 0.360. The van der Waals surface area contributed by atoms with E-state index in [-0.39, 0.29) is 30.3 Å². The first kappa shape index (κ1) is 29.3. The van der Waals surface area contributed by atoms with Gasteiger partial charge in [-0.2, -0.15) is 0 Å². The number of carbonyl (C=O) groups excluding carboxylic acids is 2. The van der Waals surface area contributed by atoms with Gasteiger partial charge in [0.15, 0.2) is 9.84 Å². The molecule has 0 atom stereocenters. The van der Waals surface area contributed by atoms with E-state index in [0.29, 0.717) is 42.4 Å². The van der Waals surface area contributed by atoms with Crippen molar-refractivity contribution >= 4 is 33.1 Å². The number of ether oxygens (including phenoxy) is 3. The molecule has 0 bridgehead atoms. The Labute approximate surface area is 215 Å². The minimum Gasteiger partial charge on any atom is -0.465 e. The maximum atomic E-state index is 12.8. The molecule has 0 saturated carbocycles. The van der Waals surface area contributed by atoms with Gasteiger partial charge >= 0.3 is 12.1 Å². The monoisotopic (exact) mass is 535 g/mol. The zero-order chi connectivity index (χ0) is 27.3. The topological polar surface area (TPSA) is 148 Å². The second-order valence-corrected chi connectivity index (χ2v) is 9.88. The number of unbranched alkanes of at least 4 members (excludes halogenated alkanes) is 3. The van der Waals surface area contributed by atoms with Crippen LogP contribution >= 0.6 is 0 Å². The predicted molar refractivity (Wildman–Crippen MR) is 134 cm³/mol. The molecule has 0 spiro atoms. The summed E-state index contributed by atoms with van der Waals surface area (Å²) in [6.07, 6.45) is 2.52. The van der Waals surface area contributed by atoms with Crippen molar-refractivity contribution in [2.24, 2.45) is 0 Å². The van der Waals surface area contributed by atoms with Crippen molar-refractivity contribution in [1.82, 2.24) is 0 Å². The molecule has 12 heteroatoms. The zero-order valence-electron chi connectivity index (χ0n) is 20.6. The molecule has 2 aromatic carbocycles. The van der Waals surface area contributed by atoms with Crippen LogP contribution < -0.4 is 0 Å². The second-order valence-electron chi connectivity index (χ2n) is 7.87. The van der Waals surface area contributed by atoms with Crippen LogP contribution in [-0.4, -0.2) is 58.8 Å². The van der Waals surface area contributed by atoms with Gasteiger partial charge in [-0.1, -0.05) is 48.9 Å². The summed E-state index contributed by atoms with van der Waals surface area (Å²) in [5.41, 5.74) is 1.44. The maximum absolute atomic E-state index is 12.8. The van der Waals surface area contributed by atoms with E-state index in [4.69, 9.17) is 14.2 Å². The van der Waals surface area contributed by atoms with Crippen molar-refractivity contribution in [3.63, 3.8) is 0 Å². The number of esters is 1. The molecule has 11 nitrogen and oxygen atoms in total. The second kappa shape index (κ2) is 14.6. The highest BCUT2D eigenvalue weighted by atomic mass is 32.2. The molecule has 0 amide bonds. The molecule has 0 aromatic heterocycles. The van der Waals surface area contributed by atoms with Crippen LogP contribution in [0.3, 0.4) is 0 Å². The van der Waals surface area contributed by atoms with Crippen LogP contribution in [0.25, 0.3) is 11.1 Å². The quantitative estimate of drug-likeness (QED) is 0.0864. The molecular formula is C25H29NO10S. The smallest absolute Gasteiger partial charge is 0.465 e. The minimum atomic E-state index is -3.44. The molecule has 2 aromatic rings. The van der Waals surface area contributed by atoms with Gasteiger partial charge < -0.3 is 19.0 Å². The third-order valence-electron chi connectivity index (χ3n) is 5.17. The summed E-state index contributed by atoms with van der Waals surface area (Å²) in [6.45, 7) is -0.242. The van der Waals surface area contributed by atoms with E-state index in [9.17, 15) is 28.1 Å². The van der Waals surface area contributed by atoms with Gasteiger partial charge in [0, 0.05) is 11.8 Å². The number of benzene rings is 2. The fourth-order valence-electron chi connectivity index (χ4n) is 3.35. The lowest BCUT2D eigenvalue weighted by Gasteiger charge is -2.16. The van der Waals surface area contributed by atoms with Gasteiger partial charge in [0.05, 0.1) is 30.8 Å². The number of sulfone groups is 1. The molecular weight excluding hydrogens is 506 g/mol. The average Bonchev–Trinajstić information content (AvgIpc) is 2.87. The standard InChI is InChI=1S/C25H29NO10S/c1-33-24(27)23(20-10-6-5-7-11-20)22(19-12-14-21(15-13-19)37(2,31)32)18-35-25(28)34-16-8-3-4-9-17-36-26(29)30/h5-7,10-15H,3-4,8-9,16-18H2,1-2H3/b23-22+. The number of rotatable bonds is 14.